The lowest BCUT2D eigenvalue weighted by atomic mass is 9.90. The van der Waals surface area contributed by atoms with E-state index in [1.54, 1.807) is 4.90 Å². The summed E-state index contributed by atoms with van der Waals surface area (Å²) in [6.45, 7) is 0.923. The van der Waals surface area contributed by atoms with Crippen LogP contribution in [0.5, 0.6) is 0 Å². The summed E-state index contributed by atoms with van der Waals surface area (Å²) in [5, 5.41) is 9.50. The van der Waals surface area contributed by atoms with Gasteiger partial charge < -0.3 is 10.0 Å². The van der Waals surface area contributed by atoms with Crippen LogP contribution in [0.2, 0.25) is 0 Å². The van der Waals surface area contributed by atoms with Gasteiger partial charge in [0.1, 0.15) is 0 Å². The molecule has 1 saturated heterocycles. The van der Waals surface area contributed by atoms with E-state index in [-0.39, 0.29) is 22.4 Å². The van der Waals surface area contributed by atoms with Gasteiger partial charge in [-0.25, -0.2) is 4.98 Å². The second-order valence-electron chi connectivity index (χ2n) is 6.39. The van der Waals surface area contributed by atoms with Crippen molar-refractivity contribution < 1.29 is 31.4 Å². The largest absolute Gasteiger partial charge is 0.431 e. The van der Waals surface area contributed by atoms with Crippen LogP contribution in [-0.4, -0.2) is 35.5 Å². The molecular weight excluding hydrogens is 394 g/mol. The highest BCUT2D eigenvalue weighted by molar-refractivity contribution is 7.15. The van der Waals surface area contributed by atoms with Crippen LogP contribution in [0.15, 0.2) is 36.5 Å². The van der Waals surface area contributed by atoms with Crippen LogP contribution >= 0.6 is 11.3 Å². The molecule has 0 saturated carbocycles. The summed E-state index contributed by atoms with van der Waals surface area (Å²) in [6.07, 6.45) is -9.90. The molecule has 148 valence electrons. The number of aromatic nitrogens is 1. The number of benzene rings is 1. The Hall–Kier alpha value is -1.81. The summed E-state index contributed by atoms with van der Waals surface area (Å²) in [7, 11) is 0. The maximum Gasteiger partial charge on any atom is 0.431 e. The lowest BCUT2D eigenvalue weighted by Gasteiger charge is -2.32. The van der Waals surface area contributed by atoms with Crippen molar-refractivity contribution in [2.45, 2.75) is 36.7 Å². The molecular formula is C17H16F6N2OS. The summed E-state index contributed by atoms with van der Waals surface area (Å²) < 4.78 is 77.8. The molecule has 0 amide bonds. The van der Waals surface area contributed by atoms with Crippen molar-refractivity contribution in [3.63, 3.8) is 0 Å². The normalized spacial score (nSPS) is 17.4. The van der Waals surface area contributed by atoms with Gasteiger partial charge in [0.05, 0.1) is 4.88 Å². The maximum absolute atomic E-state index is 13.0. The van der Waals surface area contributed by atoms with Crippen molar-refractivity contribution in [2.75, 3.05) is 18.0 Å². The summed E-state index contributed by atoms with van der Waals surface area (Å²) in [5.41, 5.74) is -3.77. The predicted molar refractivity (Wildman–Crippen MR) is 88.8 cm³/mol. The Morgan fingerprint density at radius 1 is 0.963 bits per heavy atom. The fourth-order valence-electron chi connectivity index (χ4n) is 3.15. The van der Waals surface area contributed by atoms with Gasteiger partial charge in [0.2, 0.25) is 0 Å². The van der Waals surface area contributed by atoms with Crippen LogP contribution in [-0.2, 0) is 5.60 Å². The van der Waals surface area contributed by atoms with E-state index in [0.29, 0.717) is 32.1 Å². The second-order valence-corrected chi connectivity index (χ2v) is 7.39. The van der Waals surface area contributed by atoms with Crippen molar-refractivity contribution in [3.05, 3.63) is 47.0 Å². The van der Waals surface area contributed by atoms with Crippen molar-refractivity contribution >= 4 is 16.5 Å². The Bertz CT molecular complexity index is 752. The Labute approximate surface area is 155 Å². The molecule has 1 aliphatic rings. The number of hydrogen-bond donors (Lipinski definition) is 1. The van der Waals surface area contributed by atoms with E-state index in [1.807, 2.05) is 30.3 Å². The molecule has 0 radical (unpaired) electrons. The lowest BCUT2D eigenvalue weighted by Crippen LogP contribution is -2.53. The maximum atomic E-state index is 13.0. The van der Waals surface area contributed by atoms with Crippen molar-refractivity contribution in [3.8, 4) is 0 Å². The van der Waals surface area contributed by atoms with E-state index in [1.165, 1.54) is 0 Å². The molecule has 0 aliphatic carbocycles. The van der Waals surface area contributed by atoms with Gasteiger partial charge in [0.15, 0.2) is 5.13 Å². The molecule has 1 fully saturated rings. The second kappa shape index (κ2) is 6.97. The number of rotatable bonds is 3. The zero-order chi connectivity index (χ0) is 19.9. The number of hydrogen-bond acceptors (Lipinski definition) is 4. The molecule has 0 atom stereocenters. The molecule has 27 heavy (non-hydrogen) atoms. The Morgan fingerprint density at radius 3 is 2.04 bits per heavy atom. The summed E-state index contributed by atoms with van der Waals surface area (Å²) in [4.78, 5) is 4.09. The van der Waals surface area contributed by atoms with Crippen LogP contribution < -0.4 is 4.90 Å². The number of piperidine rings is 1. The van der Waals surface area contributed by atoms with E-state index in [9.17, 15) is 31.4 Å². The van der Waals surface area contributed by atoms with E-state index in [2.05, 4.69) is 4.98 Å². The van der Waals surface area contributed by atoms with Crippen molar-refractivity contribution in [1.29, 1.82) is 0 Å². The van der Waals surface area contributed by atoms with Gasteiger partial charge in [-0.2, -0.15) is 26.3 Å². The summed E-state index contributed by atoms with van der Waals surface area (Å²) in [5.74, 6) is 0.282. The third-order valence-electron chi connectivity index (χ3n) is 4.71. The highest BCUT2D eigenvalue weighted by Gasteiger charge is 2.72. The molecule has 1 aromatic heterocycles. The number of thiazole rings is 1. The molecule has 0 bridgehead atoms. The first kappa shape index (κ1) is 19.9. The molecule has 10 heteroatoms. The minimum atomic E-state index is -5.89. The molecule has 0 spiro atoms. The first-order chi connectivity index (χ1) is 12.5. The zero-order valence-corrected chi connectivity index (χ0v) is 14.7. The van der Waals surface area contributed by atoms with Gasteiger partial charge in [0.25, 0.3) is 5.60 Å². The molecule has 1 N–H and O–H groups in total. The number of nitrogens with zero attached hydrogens (tertiary/aromatic N) is 2. The third-order valence-corrected chi connectivity index (χ3v) is 5.87. The predicted octanol–water partition coefficient (Wildman–Crippen LogP) is 4.84. The van der Waals surface area contributed by atoms with E-state index < -0.39 is 22.8 Å². The topological polar surface area (TPSA) is 36.4 Å². The number of halogens is 6. The molecule has 1 aliphatic heterocycles. The SMILES string of the molecule is OC(c1cnc(N2CCC(c3ccccc3)CC2)s1)(C(F)(F)F)C(F)(F)F. The van der Waals surface area contributed by atoms with Crippen LogP contribution in [0.25, 0.3) is 0 Å². The van der Waals surface area contributed by atoms with Crippen LogP contribution in [0, 0.1) is 0 Å². The Balaban J connectivity index is 1.77. The van der Waals surface area contributed by atoms with Crippen LogP contribution in [0.1, 0.15) is 29.2 Å². The molecule has 2 heterocycles. The Kier molecular flexibility index (Phi) is 5.15. The van der Waals surface area contributed by atoms with Gasteiger partial charge in [0, 0.05) is 19.3 Å². The van der Waals surface area contributed by atoms with E-state index >= 15 is 0 Å². The number of anilines is 1. The first-order valence-electron chi connectivity index (χ1n) is 8.16. The minimum Gasteiger partial charge on any atom is -0.369 e. The number of aliphatic hydroxyl groups is 1. The highest BCUT2D eigenvalue weighted by atomic mass is 32.1. The summed E-state index contributed by atoms with van der Waals surface area (Å²) in [6, 6.07) is 9.73. The van der Waals surface area contributed by atoms with Gasteiger partial charge in [-0.1, -0.05) is 41.7 Å². The lowest BCUT2D eigenvalue weighted by molar-refractivity contribution is -0.375. The third kappa shape index (κ3) is 3.64. The zero-order valence-electron chi connectivity index (χ0n) is 13.9. The minimum absolute atomic E-state index is 0.0448. The van der Waals surface area contributed by atoms with Crippen LogP contribution in [0.4, 0.5) is 31.5 Å². The fraction of sp³-hybridized carbons (Fsp3) is 0.471. The highest BCUT2D eigenvalue weighted by Crippen LogP contribution is 2.52. The fourth-order valence-corrected chi connectivity index (χ4v) is 4.25. The first-order valence-corrected chi connectivity index (χ1v) is 8.97. The number of alkyl halides is 6. The monoisotopic (exact) mass is 410 g/mol. The van der Waals surface area contributed by atoms with Gasteiger partial charge >= 0.3 is 12.4 Å². The average Bonchev–Trinajstić information content (AvgIpc) is 3.10. The Morgan fingerprint density at radius 2 is 1.52 bits per heavy atom. The van der Waals surface area contributed by atoms with Gasteiger partial charge in [-0.3, -0.25) is 0 Å². The molecule has 1 aromatic carbocycles. The molecule has 0 unspecified atom stereocenters. The molecule has 3 nitrogen and oxygen atoms in total. The van der Waals surface area contributed by atoms with Crippen molar-refractivity contribution in [1.82, 2.24) is 4.98 Å². The van der Waals surface area contributed by atoms with Crippen molar-refractivity contribution in [2.24, 2.45) is 0 Å². The van der Waals surface area contributed by atoms with E-state index in [4.69, 9.17) is 0 Å². The molecule has 3 rings (SSSR count). The average molecular weight is 410 g/mol. The standard InChI is InChI=1S/C17H16F6N2OS/c18-16(19,20)15(26,17(21,22)23)13-10-24-14(27-13)25-8-6-12(7-9-25)11-4-2-1-3-5-11/h1-5,10,12,26H,6-9H2. The summed E-state index contributed by atoms with van der Waals surface area (Å²) >= 11 is 0.222. The smallest absolute Gasteiger partial charge is 0.369 e. The van der Waals surface area contributed by atoms with Gasteiger partial charge in [-0.15, -0.1) is 0 Å². The van der Waals surface area contributed by atoms with Gasteiger partial charge in [-0.05, 0) is 24.3 Å². The quantitative estimate of drug-likeness (QED) is 0.736. The van der Waals surface area contributed by atoms with Crippen LogP contribution in [0.3, 0.4) is 0 Å². The molecule has 2 aromatic rings. The van der Waals surface area contributed by atoms with E-state index in [0.717, 1.165) is 5.56 Å².